The predicted octanol–water partition coefficient (Wildman–Crippen LogP) is 6.08. The first-order valence-electron chi connectivity index (χ1n) is 12.4. The molecule has 0 bridgehead atoms. The van der Waals surface area contributed by atoms with Crippen LogP contribution in [0.15, 0.2) is 33.6 Å². The zero-order valence-corrected chi connectivity index (χ0v) is 22.7. The van der Waals surface area contributed by atoms with Crippen molar-refractivity contribution in [3.05, 3.63) is 28.7 Å². The molecule has 0 aromatic heterocycles. The molecule has 0 spiro atoms. The van der Waals surface area contributed by atoms with Crippen LogP contribution >= 0.6 is 15.9 Å². The fourth-order valence-corrected chi connectivity index (χ4v) is 6.79. The van der Waals surface area contributed by atoms with E-state index >= 15 is 0 Å². The van der Waals surface area contributed by atoms with E-state index in [-0.39, 0.29) is 12.1 Å². The maximum Gasteiger partial charge on any atom is 0.244 e. The zero-order chi connectivity index (χ0) is 23.4. The molecule has 0 aliphatic heterocycles. The van der Waals surface area contributed by atoms with Crippen molar-refractivity contribution < 1.29 is 13.2 Å². The number of unbranched alkanes of at least 4 members (excludes halogenated alkanes) is 5. The molecule has 0 radical (unpaired) electrons. The third-order valence-electron chi connectivity index (χ3n) is 6.58. The summed E-state index contributed by atoms with van der Waals surface area (Å²) < 4.78 is 34.3. The summed E-state index contributed by atoms with van der Waals surface area (Å²) in [5.74, 6) is 0. The first kappa shape index (κ1) is 27.8. The maximum absolute atomic E-state index is 13.0. The number of sulfonamides is 1. The fraction of sp³-hybridized carbons (Fsp3) is 0.760. The van der Waals surface area contributed by atoms with Crippen LogP contribution in [0.1, 0.15) is 77.6 Å². The van der Waals surface area contributed by atoms with Gasteiger partial charge in [0.25, 0.3) is 0 Å². The molecule has 32 heavy (non-hydrogen) atoms. The first-order chi connectivity index (χ1) is 15.4. The molecule has 1 aromatic carbocycles. The Labute approximate surface area is 205 Å². The molecule has 184 valence electrons. The summed E-state index contributed by atoms with van der Waals surface area (Å²) >= 11 is 3.38. The highest BCUT2D eigenvalue weighted by Gasteiger charge is 2.32. The SMILES string of the molecule is CCCCCN(C)CCCCCCOC1CCC(N(C)S(=O)(=O)c2ccccc2Br)CC1. The number of rotatable bonds is 15. The van der Waals surface area contributed by atoms with Crippen LogP contribution in [0.2, 0.25) is 0 Å². The number of ether oxygens (including phenoxy) is 1. The van der Waals surface area contributed by atoms with E-state index in [4.69, 9.17) is 4.74 Å². The zero-order valence-electron chi connectivity index (χ0n) is 20.3. The van der Waals surface area contributed by atoms with Crippen LogP contribution < -0.4 is 0 Å². The van der Waals surface area contributed by atoms with Crippen LogP contribution in [0.5, 0.6) is 0 Å². The highest BCUT2D eigenvalue weighted by molar-refractivity contribution is 9.10. The van der Waals surface area contributed by atoms with Crippen molar-refractivity contribution in [3.8, 4) is 0 Å². The molecule has 0 saturated heterocycles. The van der Waals surface area contributed by atoms with Crippen LogP contribution in [0.3, 0.4) is 0 Å². The summed E-state index contributed by atoms with van der Waals surface area (Å²) in [6.07, 6.45) is 12.7. The van der Waals surface area contributed by atoms with Gasteiger partial charge in [0.1, 0.15) is 0 Å². The quantitative estimate of drug-likeness (QED) is 0.258. The van der Waals surface area contributed by atoms with Gasteiger partial charge in [0.2, 0.25) is 10.0 Å². The summed E-state index contributed by atoms with van der Waals surface area (Å²) in [5.41, 5.74) is 0. The van der Waals surface area contributed by atoms with Gasteiger partial charge in [-0.2, -0.15) is 4.31 Å². The summed E-state index contributed by atoms with van der Waals surface area (Å²) in [4.78, 5) is 2.80. The van der Waals surface area contributed by atoms with Crippen molar-refractivity contribution in [2.24, 2.45) is 0 Å². The lowest BCUT2D eigenvalue weighted by atomic mass is 9.93. The van der Waals surface area contributed by atoms with Gasteiger partial charge in [-0.15, -0.1) is 0 Å². The molecule has 0 atom stereocenters. The molecule has 0 amide bonds. The number of hydrogen-bond acceptors (Lipinski definition) is 4. The number of hydrogen-bond donors (Lipinski definition) is 0. The Balaban J connectivity index is 1.59. The molecule has 2 rings (SSSR count). The molecule has 1 fully saturated rings. The van der Waals surface area contributed by atoms with Crippen molar-refractivity contribution in [1.82, 2.24) is 9.21 Å². The molecule has 0 heterocycles. The molecular formula is C25H43BrN2O3S. The van der Waals surface area contributed by atoms with Gasteiger partial charge in [-0.25, -0.2) is 8.42 Å². The van der Waals surface area contributed by atoms with Gasteiger partial charge in [-0.1, -0.05) is 44.7 Å². The Morgan fingerprint density at radius 3 is 2.22 bits per heavy atom. The van der Waals surface area contributed by atoms with Gasteiger partial charge in [0, 0.05) is 24.2 Å². The van der Waals surface area contributed by atoms with Crippen molar-refractivity contribution >= 4 is 26.0 Å². The number of halogens is 1. The van der Waals surface area contributed by atoms with Crippen molar-refractivity contribution in [2.75, 3.05) is 33.8 Å². The van der Waals surface area contributed by atoms with Crippen LogP contribution in [-0.4, -0.2) is 63.6 Å². The van der Waals surface area contributed by atoms with Crippen LogP contribution in [-0.2, 0) is 14.8 Å². The highest BCUT2D eigenvalue weighted by atomic mass is 79.9. The topological polar surface area (TPSA) is 49.9 Å². The van der Waals surface area contributed by atoms with Gasteiger partial charge in [0.15, 0.2) is 0 Å². The minimum atomic E-state index is -3.49. The lowest BCUT2D eigenvalue weighted by Crippen LogP contribution is -2.40. The monoisotopic (exact) mass is 530 g/mol. The normalized spacial score (nSPS) is 19.7. The van der Waals surface area contributed by atoms with E-state index in [1.165, 1.54) is 51.6 Å². The van der Waals surface area contributed by atoms with Crippen molar-refractivity contribution in [3.63, 3.8) is 0 Å². The van der Waals surface area contributed by atoms with Crippen molar-refractivity contribution in [2.45, 2.75) is 94.6 Å². The average molecular weight is 532 g/mol. The fourth-order valence-electron chi connectivity index (χ4n) is 4.41. The van der Waals surface area contributed by atoms with E-state index in [1.54, 1.807) is 29.6 Å². The lowest BCUT2D eigenvalue weighted by Gasteiger charge is -2.34. The van der Waals surface area contributed by atoms with E-state index in [0.717, 1.165) is 38.7 Å². The molecule has 1 saturated carbocycles. The highest BCUT2D eigenvalue weighted by Crippen LogP contribution is 2.30. The maximum atomic E-state index is 13.0. The smallest absolute Gasteiger partial charge is 0.244 e. The second-order valence-electron chi connectivity index (χ2n) is 9.18. The van der Waals surface area contributed by atoms with Crippen LogP contribution in [0.4, 0.5) is 0 Å². The standard InChI is InChI=1S/C25H43BrN2O3S/c1-4-5-10-19-27(2)20-11-6-7-12-21-31-23-17-15-22(16-18-23)28(3)32(29,30)25-14-9-8-13-24(25)26/h8-9,13-14,22-23H,4-7,10-12,15-21H2,1-3H3. The molecular weight excluding hydrogens is 488 g/mol. The third kappa shape index (κ3) is 9.05. The Kier molecular flexibility index (Phi) is 12.8. The van der Waals surface area contributed by atoms with E-state index < -0.39 is 10.0 Å². The van der Waals surface area contributed by atoms with Gasteiger partial charge in [-0.3, -0.25) is 0 Å². The molecule has 1 aliphatic carbocycles. The van der Waals surface area contributed by atoms with Crippen LogP contribution in [0.25, 0.3) is 0 Å². The van der Waals surface area contributed by atoms with Crippen molar-refractivity contribution in [1.29, 1.82) is 0 Å². The van der Waals surface area contributed by atoms with E-state index in [2.05, 4.69) is 34.8 Å². The third-order valence-corrected chi connectivity index (χ3v) is 9.50. The molecule has 0 N–H and O–H groups in total. The van der Waals surface area contributed by atoms with E-state index in [9.17, 15) is 8.42 Å². The molecule has 1 aliphatic rings. The van der Waals surface area contributed by atoms with Gasteiger partial charge in [0.05, 0.1) is 11.0 Å². The first-order valence-corrected chi connectivity index (χ1v) is 14.6. The Hall–Kier alpha value is -0.470. The average Bonchev–Trinajstić information content (AvgIpc) is 2.78. The van der Waals surface area contributed by atoms with Gasteiger partial charge >= 0.3 is 0 Å². The Morgan fingerprint density at radius 1 is 0.938 bits per heavy atom. The predicted molar refractivity (Wildman–Crippen MR) is 137 cm³/mol. The van der Waals surface area contributed by atoms with Crippen LogP contribution in [0, 0.1) is 0 Å². The molecule has 0 unspecified atom stereocenters. The summed E-state index contributed by atoms with van der Waals surface area (Å²) in [6.45, 7) is 5.50. The number of nitrogens with zero attached hydrogens (tertiary/aromatic N) is 2. The Bertz CT molecular complexity index is 751. The summed E-state index contributed by atoms with van der Waals surface area (Å²) in [7, 11) is 0.455. The van der Waals surface area contributed by atoms with E-state index in [0.29, 0.717) is 9.37 Å². The Morgan fingerprint density at radius 2 is 1.56 bits per heavy atom. The second-order valence-corrected chi connectivity index (χ2v) is 12.0. The minimum absolute atomic E-state index is 0.0428. The minimum Gasteiger partial charge on any atom is -0.378 e. The summed E-state index contributed by atoms with van der Waals surface area (Å²) in [5, 5.41) is 0. The lowest BCUT2D eigenvalue weighted by molar-refractivity contribution is 0.0156. The molecule has 1 aromatic rings. The van der Waals surface area contributed by atoms with Gasteiger partial charge in [-0.05, 0) is 93.1 Å². The molecule has 7 heteroatoms. The second kappa shape index (κ2) is 14.7. The largest absolute Gasteiger partial charge is 0.378 e. The van der Waals surface area contributed by atoms with Gasteiger partial charge < -0.3 is 9.64 Å². The van der Waals surface area contributed by atoms with E-state index in [1.807, 2.05) is 6.07 Å². The summed E-state index contributed by atoms with van der Waals surface area (Å²) in [6, 6.07) is 7.08. The number of benzene rings is 1. The molecule has 5 nitrogen and oxygen atoms in total.